The van der Waals surface area contributed by atoms with E-state index in [-0.39, 0.29) is 18.0 Å². The quantitative estimate of drug-likeness (QED) is 0.318. The van der Waals surface area contributed by atoms with Gasteiger partial charge in [-0.3, -0.25) is 9.69 Å². The Morgan fingerprint density at radius 3 is 1.58 bits per heavy atom. The molecule has 17 heteroatoms. The predicted octanol–water partition coefficient (Wildman–Crippen LogP) is 3.98. The molecule has 17 nitrogen and oxygen atoms in total. The van der Waals surface area contributed by atoms with Crippen LogP contribution in [0.4, 0.5) is 21.0 Å². The third-order valence-corrected chi connectivity index (χ3v) is 10.2. The fourth-order valence-corrected chi connectivity index (χ4v) is 7.20. The minimum atomic E-state index is -0.460. The second-order valence-corrected chi connectivity index (χ2v) is 16.9. The number of aromatic nitrogens is 6. The number of hydrogen-bond donors (Lipinski definition) is 1. The predicted molar refractivity (Wildman–Crippen MR) is 218 cm³/mol. The summed E-state index contributed by atoms with van der Waals surface area (Å²) in [5, 5.41) is 11.8. The fraction of sp³-hybridized carbons (Fsp3) is 0.625. The number of rotatable bonds is 3. The molecule has 0 saturated carbocycles. The number of likely N-dealkylation sites (tertiary alicyclic amines) is 2. The Hall–Kier alpha value is -5.03. The van der Waals surface area contributed by atoms with Crippen LogP contribution in [0.2, 0.25) is 0 Å². The Bertz CT molecular complexity index is 1920. The number of ether oxygens (including phenoxy) is 2. The lowest BCUT2D eigenvalue weighted by Crippen LogP contribution is -2.54. The topological polar surface area (TPSA) is 158 Å². The van der Waals surface area contributed by atoms with E-state index in [4.69, 9.17) is 9.47 Å². The van der Waals surface area contributed by atoms with Gasteiger partial charge in [0.05, 0.1) is 48.6 Å². The third kappa shape index (κ3) is 12.0. The van der Waals surface area contributed by atoms with Crippen molar-refractivity contribution in [3.63, 3.8) is 0 Å². The van der Waals surface area contributed by atoms with Gasteiger partial charge in [-0.15, -0.1) is 0 Å². The maximum Gasteiger partial charge on any atom is 0.410 e. The second kappa shape index (κ2) is 18.5. The van der Waals surface area contributed by atoms with E-state index in [1.165, 1.54) is 0 Å². The average molecular weight is 789 g/mol. The first-order valence-electron chi connectivity index (χ1n) is 20.2. The normalized spacial score (nSPS) is 18.8. The number of carbonyl (C=O) groups excluding carboxylic acids is 3. The highest BCUT2D eigenvalue weighted by atomic mass is 16.6. The van der Waals surface area contributed by atoms with Crippen LogP contribution in [0.3, 0.4) is 0 Å². The Morgan fingerprint density at radius 2 is 1.11 bits per heavy atom. The molecular weight excluding hydrogens is 729 g/mol. The zero-order chi connectivity index (χ0) is 40.6. The van der Waals surface area contributed by atoms with Crippen molar-refractivity contribution >= 4 is 40.6 Å². The number of Topliss-reactive ketones (excluding diaryl/α,β-unsaturated/α-hetero) is 1. The van der Waals surface area contributed by atoms with E-state index in [1.54, 1.807) is 17.3 Å². The first-order chi connectivity index (χ1) is 27.2. The van der Waals surface area contributed by atoms with Gasteiger partial charge in [0, 0.05) is 110 Å². The number of anilines is 2. The van der Waals surface area contributed by atoms with Gasteiger partial charge in [0.15, 0.2) is 11.3 Å². The Labute approximate surface area is 335 Å². The van der Waals surface area contributed by atoms with Gasteiger partial charge in [-0.1, -0.05) is 0 Å². The smallest absolute Gasteiger partial charge is 0.410 e. The van der Waals surface area contributed by atoms with Crippen molar-refractivity contribution in [1.82, 2.24) is 49.2 Å². The number of hydrogen-bond acceptors (Lipinski definition) is 13. The lowest BCUT2D eigenvalue weighted by Gasteiger charge is -2.43. The van der Waals surface area contributed by atoms with Crippen LogP contribution >= 0.6 is 0 Å². The second-order valence-electron chi connectivity index (χ2n) is 16.9. The Balaban J connectivity index is 0.000000159. The lowest BCUT2D eigenvalue weighted by molar-refractivity contribution is -0.121. The molecule has 2 amide bonds. The number of ketones is 1. The standard InChI is InChI=1S/C20H30N6O2.C10H13N5.C10H17NO3/c1-20(2,3)28-19(27)25-8-5-16(6-9-25)23-10-12-24(13-11-23)17-14-21-18-4-7-22-26(18)15-17;1-2-13-15-8-9(7-12-10(1)15)14-5-3-11-4-6-14;1-10(2,3)14-9(13)11-6-4-8(12)5-7-11/h4,7,14-16H,5-6,8-13H2,1-3H3;1-2,7-8,11H,3-6H2;4-7H2,1-3H3. The number of piperazine rings is 2. The molecule has 57 heavy (non-hydrogen) atoms. The summed E-state index contributed by atoms with van der Waals surface area (Å²) in [4.78, 5) is 54.2. The van der Waals surface area contributed by atoms with Crippen molar-refractivity contribution in [1.29, 1.82) is 0 Å². The van der Waals surface area contributed by atoms with Gasteiger partial charge < -0.3 is 34.4 Å². The molecule has 310 valence electrons. The van der Waals surface area contributed by atoms with Crippen molar-refractivity contribution in [2.45, 2.75) is 84.5 Å². The third-order valence-electron chi connectivity index (χ3n) is 10.2. The highest BCUT2D eigenvalue weighted by Crippen LogP contribution is 2.23. The van der Waals surface area contributed by atoms with E-state index in [0.717, 1.165) is 101 Å². The van der Waals surface area contributed by atoms with Crippen molar-refractivity contribution < 1.29 is 23.9 Å². The van der Waals surface area contributed by atoms with Crippen LogP contribution < -0.4 is 15.1 Å². The minimum Gasteiger partial charge on any atom is -0.444 e. The van der Waals surface area contributed by atoms with Gasteiger partial charge >= 0.3 is 12.2 Å². The van der Waals surface area contributed by atoms with Crippen LogP contribution in [-0.4, -0.2) is 158 Å². The van der Waals surface area contributed by atoms with Crippen LogP contribution in [0.15, 0.2) is 49.3 Å². The van der Waals surface area contributed by atoms with Crippen LogP contribution in [0.5, 0.6) is 0 Å². The monoisotopic (exact) mass is 788 g/mol. The van der Waals surface area contributed by atoms with Gasteiger partial charge in [-0.25, -0.2) is 28.6 Å². The number of fused-ring (bicyclic) bond motifs is 2. The number of carbonyl (C=O) groups is 3. The molecule has 8 heterocycles. The van der Waals surface area contributed by atoms with Crippen LogP contribution in [0.25, 0.3) is 11.3 Å². The summed E-state index contributed by atoms with van der Waals surface area (Å²) in [6, 6.07) is 4.36. The number of nitrogens with one attached hydrogen (secondary N) is 1. The summed E-state index contributed by atoms with van der Waals surface area (Å²) in [7, 11) is 0. The molecule has 0 aliphatic carbocycles. The molecule has 4 aliphatic heterocycles. The zero-order valence-corrected chi connectivity index (χ0v) is 34.5. The molecule has 4 aliphatic rings. The first kappa shape index (κ1) is 41.6. The molecule has 0 aromatic carbocycles. The fourth-order valence-electron chi connectivity index (χ4n) is 7.20. The van der Waals surface area contributed by atoms with Gasteiger partial charge in [-0.2, -0.15) is 10.2 Å². The molecule has 0 bridgehead atoms. The van der Waals surface area contributed by atoms with E-state index in [9.17, 15) is 14.4 Å². The maximum absolute atomic E-state index is 12.2. The van der Waals surface area contributed by atoms with E-state index in [2.05, 4.69) is 46.4 Å². The van der Waals surface area contributed by atoms with Crippen molar-refractivity contribution in [2.24, 2.45) is 0 Å². The van der Waals surface area contributed by atoms with Gasteiger partial charge in [0.25, 0.3) is 0 Å². The summed E-state index contributed by atoms with van der Waals surface area (Å²) in [6.07, 6.45) is 13.9. The van der Waals surface area contributed by atoms with Gasteiger partial charge in [0.1, 0.15) is 17.0 Å². The average Bonchev–Trinajstić information content (AvgIpc) is 3.87. The summed E-state index contributed by atoms with van der Waals surface area (Å²) in [6.45, 7) is 22.0. The van der Waals surface area contributed by atoms with E-state index in [0.29, 0.717) is 32.0 Å². The summed E-state index contributed by atoms with van der Waals surface area (Å²) < 4.78 is 14.3. The van der Waals surface area contributed by atoms with Crippen LogP contribution in [0.1, 0.15) is 67.2 Å². The number of amides is 2. The minimum absolute atomic E-state index is 0.183. The summed E-state index contributed by atoms with van der Waals surface area (Å²) >= 11 is 0. The highest BCUT2D eigenvalue weighted by molar-refractivity contribution is 5.81. The molecular formula is C40H60N12O5. The van der Waals surface area contributed by atoms with E-state index >= 15 is 0 Å². The highest BCUT2D eigenvalue weighted by Gasteiger charge is 2.31. The number of piperidine rings is 2. The van der Waals surface area contributed by atoms with Crippen LogP contribution in [0, 0.1) is 0 Å². The maximum atomic E-state index is 12.2. The van der Waals surface area contributed by atoms with Crippen LogP contribution in [-0.2, 0) is 14.3 Å². The molecule has 1 N–H and O–H groups in total. The summed E-state index contributed by atoms with van der Waals surface area (Å²) in [5.74, 6) is 0.227. The van der Waals surface area contributed by atoms with E-state index < -0.39 is 11.2 Å². The van der Waals surface area contributed by atoms with Crippen molar-refractivity contribution in [3.05, 3.63) is 49.3 Å². The van der Waals surface area contributed by atoms with E-state index in [1.807, 2.05) is 86.2 Å². The molecule has 0 unspecified atom stereocenters. The molecule has 0 atom stereocenters. The largest absolute Gasteiger partial charge is 0.444 e. The molecule has 4 saturated heterocycles. The molecule has 4 aromatic rings. The van der Waals surface area contributed by atoms with Crippen molar-refractivity contribution in [3.8, 4) is 0 Å². The number of nitrogens with zero attached hydrogens (tertiary/aromatic N) is 11. The Morgan fingerprint density at radius 1 is 0.649 bits per heavy atom. The van der Waals surface area contributed by atoms with Crippen molar-refractivity contribution in [2.75, 3.05) is 88.3 Å². The summed E-state index contributed by atoms with van der Waals surface area (Å²) in [5.41, 5.74) is 3.15. The van der Waals surface area contributed by atoms with Gasteiger partial charge in [0.2, 0.25) is 0 Å². The van der Waals surface area contributed by atoms with Gasteiger partial charge in [-0.05, 0) is 54.4 Å². The lowest BCUT2D eigenvalue weighted by atomic mass is 10.0. The molecule has 0 radical (unpaired) electrons. The Kier molecular flexibility index (Phi) is 13.5. The molecule has 0 spiro atoms. The molecule has 8 rings (SSSR count). The zero-order valence-electron chi connectivity index (χ0n) is 34.5. The first-order valence-corrected chi connectivity index (χ1v) is 20.2. The SMILES string of the molecule is CC(C)(C)OC(=O)N1CCC(=O)CC1.CC(C)(C)OC(=O)N1CCC(N2CCN(c3cnc4ccnn4c3)CC2)CC1.c1cc2ncc(N3CCNCC3)cn2n1. The molecule has 4 aromatic heterocycles. The molecule has 4 fully saturated rings.